The highest BCUT2D eigenvalue weighted by molar-refractivity contribution is 5.88. The molecule has 5 heteroatoms. The van der Waals surface area contributed by atoms with Crippen LogP contribution in [-0.4, -0.2) is 48.2 Å². The van der Waals surface area contributed by atoms with Crippen molar-refractivity contribution < 1.29 is 14.6 Å². The minimum Gasteiger partial charge on any atom is -0.478 e. The van der Waals surface area contributed by atoms with Gasteiger partial charge in [0, 0.05) is 18.3 Å². The molecular formula is C13H20N2O3. The van der Waals surface area contributed by atoms with E-state index in [2.05, 4.69) is 4.98 Å². The maximum absolute atomic E-state index is 11.0. The molecule has 0 amide bonds. The first-order chi connectivity index (χ1) is 8.52. The van der Waals surface area contributed by atoms with Crippen molar-refractivity contribution in [3.63, 3.8) is 0 Å². The minimum absolute atomic E-state index is 0.230. The lowest BCUT2D eigenvalue weighted by atomic mass is 10.1. The van der Waals surface area contributed by atoms with Crippen LogP contribution >= 0.6 is 0 Å². The molecule has 1 aromatic rings. The van der Waals surface area contributed by atoms with Gasteiger partial charge < -0.3 is 14.7 Å². The minimum atomic E-state index is -0.952. The molecule has 0 aromatic carbocycles. The smallest absolute Gasteiger partial charge is 0.335 e. The van der Waals surface area contributed by atoms with Crippen molar-refractivity contribution in [2.24, 2.45) is 0 Å². The Morgan fingerprint density at radius 2 is 2.17 bits per heavy atom. The van der Waals surface area contributed by atoms with Crippen LogP contribution in [0.5, 0.6) is 5.88 Å². The van der Waals surface area contributed by atoms with Gasteiger partial charge in [-0.1, -0.05) is 13.3 Å². The van der Waals surface area contributed by atoms with E-state index in [1.54, 1.807) is 6.07 Å². The molecule has 1 rings (SSSR count). The quantitative estimate of drug-likeness (QED) is 0.799. The Morgan fingerprint density at radius 3 is 2.72 bits per heavy atom. The van der Waals surface area contributed by atoms with Crippen LogP contribution in [0.3, 0.4) is 0 Å². The zero-order valence-electron chi connectivity index (χ0n) is 11.1. The molecule has 0 saturated carbocycles. The van der Waals surface area contributed by atoms with Crippen molar-refractivity contribution in [2.45, 2.75) is 19.8 Å². The van der Waals surface area contributed by atoms with Crippen molar-refractivity contribution in [2.75, 3.05) is 27.2 Å². The Morgan fingerprint density at radius 1 is 1.44 bits per heavy atom. The standard InChI is InChI=1S/C13H20N2O3/c1-4-5-11-8-10(13(16)17)9-12(14-11)18-7-6-15(2)3/h8-9H,4-7H2,1-3H3,(H,16,17). The number of aryl methyl sites for hydroxylation is 1. The second-order valence-electron chi connectivity index (χ2n) is 4.39. The van der Waals surface area contributed by atoms with Gasteiger partial charge >= 0.3 is 5.97 Å². The van der Waals surface area contributed by atoms with Gasteiger partial charge in [0.05, 0.1) is 5.56 Å². The summed E-state index contributed by atoms with van der Waals surface area (Å²) in [6.45, 7) is 3.29. The van der Waals surface area contributed by atoms with Gasteiger partial charge in [-0.15, -0.1) is 0 Å². The molecule has 0 fully saturated rings. The fourth-order valence-electron chi connectivity index (χ4n) is 1.47. The fourth-order valence-corrected chi connectivity index (χ4v) is 1.47. The summed E-state index contributed by atoms with van der Waals surface area (Å²) in [4.78, 5) is 17.3. The Balaban J connectivity index is 2.79. The largest absolute Gasteiger partial charge is 0.478 e. The van der Waals surface area contributed by atoms with Crippen molar-refractivity contribution in [3.8, 4) is 5.88 Å². The van der Waals surface area contributed by atoms with E-state index in [1.165, 1.54) is 6.07 Å². The zero-order valence-corrected chi connectivity index (χ0v) is 11.1. The molecule has 0 bridgehead atoms. The number of likely N-dealkylation sites (N-methyl/N-ethyl adjacent to an activating group) is 1. The van der Waals surface area contributed by atoms with Crippen molar-refractivity contribution in [3.05, 3.63) is 23.4 Å². The molecule has 5 nitrogen and oxygen atoms in total. The van der Waals surface area contributed by atoms with E-state index in [0.29, 0.717) is 12.5 Å². The van der Waals surface area contributed by atoms with Gasteiger partial charge in [-0.2, -0.15) is 0 Å². The molecule has 0 saturated heterocycles. The molecule has 100 valence electrons. The average molecular weight is 252 g/mol. The van der Waals surface area contributed by atoms with Gasteiger partial charge in [-0.25, -0.2) is 9.78 Å². The highest BCUT2D eigenvalue weighted by Gasteiger charge is 2.09. The maximum atomic E-state index is 11.0. The van der Waals surface area contributed by atoms with Crippen molar-refractivity contribution in [1.82, 2.24) is 9.88 Å². The number of carboxylic acids is 1. The monoisotopic (exact) mass is 252 g/mol. The van der Waals surface area contributed by atoms with E-state index in [4.69, 9.17) is 9.84 Å². The number of nitrogens with zero attached hydrogens (tertiary/aromatic N) is 2. The third-order valence-electron chi connectivity index (χ3n) is 2.40. The van der Waals surface area contributed by atoms with Crippen molar-refractivity contribution >= 4 is 5.97 Å². The number of aromatic carboxylic acids is 1. The van der Waals surface area contributed by atoms with Crippen LogP contribution in [0.15, 0.2) is 12.1 Å². The highest BCUT2D eigenvalue weighted by atomic mass is 16.5. The van der Waals surface area contributed by atoms with Crippen LogP contribution in [0, 0.1) is 0 Å². The van der Waals surface area contributed by atoms with Gasteiger partial charge in [0.2, 0.25) is 5.88 Å². The second kappa shape index (κ2) is 6.96. The summed E-state index contributed by atoms with van der Waals surface area (Å²) in [5.74, 6) is -0.563. The molecule has 0 unspecified atom stereocenters. The predicted octanol–water partition coefficient (Wildman–Crippen LogP) is 1.67. The first-order valence-corrected chi connectivity index (χ1v) is 6.04. The summed E-state index contributed by atoms with van der Waals surface area (Å²) >= 11 is 0. The first kappa shape index (κ1) is 14.4. The molecule has 0 spiro atoms. The van der Waals surface area contributed by atoms with Crippen LogP contribution in [0.25, 0.3) is 0 Å². The van der Waals surface area contributed by atoms with E-state index in [9.17, 15) is 4.79 Å². The number of carboxylic acid groups (broad SMARTS) is 1. The van der Waals surface area contributed by atoms with Crippen LogP contribution in [0.4, 0.5) is 0 Å². The van der Waals surface area contributed by atoms with E-state index < -0.39 is 5.97 Å². The molecule has 18 heavy (non-hydrogen) atoms. The van der Waals surface area contributed by atoms with Crippen LogP contribution < -0.4 is 4.74 Å². The molecular weight excluding hydrogens is 232 g/mol. The Kier molecular flexibility index (Phi) is 5.58. The van der Waals surface area contributed by atoms with Crippen LogP contribution in [0.2, 0.25) is 0 Å². The Bertz CT molecular complexity index is 405. The fraction of sp³-hybridized carbons (Fsp3) is 0.538. The number of rotatable bonds is 7. The average Bonchev–Trinajstić information content (AvgIpc) is 2.28. The number of ether oxygens (including phenoxy) is 1. The van der Waals surface area contributed by atoms with Gasteiger partial charge in [-0.05, 0) is 26.6 Å². The third-order valence-corrected chi connectivity index (χ3v) is 2.40. The summed E-state index contributed by atoms with van der Waals surface area (Å²) < 4.78 is 5.48. The van der Waals surface area contributed by atoms with E-state index in [0.717, 1.165) is 25.1 Å². The lowest BCUT2D eigenvalue weighted by Gasteiger charge is -2.11. The number of pyridine rings is 1. The summed E-state index contributed by atoms with van der Waals surface area (Å²) in [7, 11) is 3.90. The molecule has 0 aliphatic carbocycles. The Hall–Kier alpha value is -1.62. The summed E-state index contributed by atoms with van der Waals surface area (Å²) in [5, 5.41) is 9.02. The molecule has 0 aliphatic heterocycles. The van der Waals surface area contributed by atoms with Gasteiger partial charge in [-0.3, -0.25) is 0 Å². The maximum Gasteiger partial charge on any atom is 0.335 e. The molecule has 1 N–H and O–H groups in total. The summed E-state index contributed by atoms with van der Waals surface area (Å²) in [6, 6.07) is 3.07. The van der Waals surface area contributed by atoms with E-state index in [1.807, 2.05) is 25.9 Å². The van der Waals surface area contributed by atoms with Gasteiger partial charge in [0.25, 0.3) is 0 Å². The summed E-state index contributed by atoms with van der Waals surface area (Å²) in [5.41, 5.74) is 0.991. The van der Waals surface area contributed by atoms with Crippen LogP contribution in [0.1, 0.15) is 29.4 Å². The normalized spacial score (nSPS) is 10.7. The van der Waals surface area contributed by atoms with Gasteiger partial charge in [0.1, 0.15) is 6.61 Å². The molecule has 1 heterocycles. The highest BCUT2D eigenvalue weighted by Crippen LogP contribution is 2.14. The van der Waals surface area contributed by atoms with E-state index >= 15 is 0 Å². The predicted molar refractivity (Wildman–Crippen MR) is 69.2 cm³/mol. The SMILES string of the molecule is CCCc1cc(C(=O)O)cc(OCCN(C)C)n1. The van der Waals surface area contributed by atoms with E-state index in [-0.39, 0.29) is 5.56 Å². The number of hydrogen-bond donors (Lipinski definition) is 1. The van der Waals surface area contributed by atoms with Crippen molar-refractivity contribution in [1.29, 1.82) is 0 Å². The molecule has 0 aliphatic rings. The second-order valence-corrected chi connectivity index (χ2v) is 4.39. The number of aromatic nitrogens is 1. The Labute approximate surface area is 107 Å². The topological polar surface area (TPSA) is 62.7 Å². The molecule has 1 aromatic heterocycles. The number of hydrogen-bond acceptors (Lipinski definition) is 4. The third kappa shape index (κ3) is 4.71. The molecule has 0 radical (unpaired) electrons. The number of carbonyl (C=O) groups is 1. The lowest BCUT2D eigenvalue weighted by Crippen LogP contribution is -2.20. The lowest BCUT2D eigenvalue weighted by molar-refractivity contribution is 0.0696. The molecule has 0 atom stereocenters. The van der Waals surface area contributed by atoms with Crippen LogP contribution in [-0.2, 0) is 6.42 Å². The zero-order chi connectivity index (χ0) is 13.5. The van der Waals surface area contributed by atoms with Gasteiger partial charge in [0.15, 0.2) is 0 Å². The first-order valence-electron chi connectivity index (χ1n) is 6.04. The summed E-state index contributed by atoms with van der Waals surface area (Å²) in [6.07, 6.45) is 1.68.